The second-order valence-electron chi connectivity index (χ2n) is 9.63. The molecule has 3 heterocycles. The molecule has 0 aliphatic carbocycles. The molecule has 1 aromatic heterocycles. The molecule has 3 aromatic rings. The number of phenols is 3. The Bertz CT molecular complexity index is 1420. The van der Waals surface area contributed by atoms with Crippen molar-refractivity contribution in [3.63, 3.8) is 0 Å². The highest BCUT2D eigenvalue weighted by Gasteiger charge is 2.49. The summed E-state index contributed by atoms with van der Waals surface area (Å²) < 4.78 is 28.4. The first-order valence-corrected chi connectivity index (χ1v) is 12.3. The number of fused-ring (bicyclic) bond motifs is 1. The summed E-state index contributed by atoms with van der Waals surface area (Å²) in [7, 11) is 0. The summed E-state index contributed by atoms with van der Waals surface area (Å²) in [5, 5.41) is 81.1. The molecular weight excluding hydrogens is 536 g/mol. The fourth-order valence-electron chi connectivity index (χ4n) is 4.59. The molecular formula is C26H28O14. The van der Waals surface area contributed by atoms with Crippen LogP contribution in [0.4, 0.5) is 0 Å². The zero-order chi connectivity index (χ0) is 28.9. The molecule has 2 aliphatic rings. The van der Waals surface area contributed by atoms with Gasteiger partial charge in [-0.25, -0.2) is 0 Å². The van der Waals surface area contributed by atoms with Gasteiger partial charge in [0.25, 0.3) is 0 Å². The van der Waals surface area contributed by atoms with Gasteiger partial charge >= 0.3 is 0 Å². The third kappa shape index (κ3) is 5.07. The van der Waals surface area contributed by atoms with Gasteiger partial charge in [-0.3, -0.25) is 4.79 Å². The predicted molar refractivity (Wildman–Crippen MR) is 133 cm³/mol. The van der Waals surface area contributed by atoms with E-state index in [9.17, 15) is 45.6 Å². The Morgan fingerprint density at radius 3 is 2.25 bits per heavy atom. The summed E-state index contributed by atoms with van der Waals surface area (Å²) in [4.78, 5) is 13.6. The minimum atomic E-state index is -1.75. The molecule has 216 valence electrons. The second kappa shape index (κ2) is 10.8. The Labute approximate surface area is 225 Å². The van der Waals surface area contributed by atoms with Crippen LogP contribution in [-0.2, 0) is 14.2 Å². The Morgan fingerprint density at radius 1 is 0.850 bits per heavy atom. The molecule has 2 saturated heterocycles. The quantitative estimate of drug-likeness (QED) is 0.191. The van der Waals surface area contributed by atoms with E-state index in [4.69, 9.17) is 23.4 Å². The number of phenolic OH excluding ortho intramolecular Hbond substituents is 3. The van der Waals surface area contributed by atoms with Crippen LogP contribution in [0.15, 0.2) is 45.6 Å². The maximum Gasteiger partial charge on any atom is 0.239 e. The van der Waals surface area contributed by atoms with E-state index in [1.807, 2.05) is 0 Å². The lowest BCUT2D eigenvalue weighted by Crippen LogP contribution is -2.62. The number of hydrogen-bond donors (Lipinski definition) is 8. The molecule has 2 aromatic carbocycles. The van der Waals surface area contributed by atoms with Crippen LogP contribution < -0.4 is 10.2 Å². The van der Waals surface area contributed by atoms with Crippen molar-refractivity contribution in [2.45, 2.75) is 62.2 Å². The molecule has 0 unspecified atom stereocenters. The first-order chi connectivity index (χ1) is 19.0. The molecule has 14 heteroatoms. The van der Waals surface area contributed by atoms with Crippen LogP contribution in [0.1, 0.15) is 6.92 Å². The molecule has 14 nitrogen and oxygen atoms in total. The number of rotatable bonds is 5. The Morgan fingerprint density at radius 2 is 1.55 bits per heavy atom. The van der Waals surface area contributed by atoms with Gasteiger partial charge in [0.2, 0.25) is 17.5 Å². The minimum absolute atomic E-state index is 0.0852. The summed E-state index contributed by atoms with van der Waals surface area (Å²) in [6.45, 7) is 1.01. The van der Waals surface area contributed by atoms with Gasteiger partial charge in [0.1, 0.15) is 58.7 Å². The second-order valence-corrected chi connectivity index (χ2v) is 9.63. The van der Waals surface area contributed by atoms with Crippen molar-refractivity contribution in [2.75, 3.05) is 6.61 Å². The molecule has 0 saturated carbocycles. The highest BCUT2D eigenvalue weighted by Crippen LogP contribution is 2.38. The maximum atomic E-state index is 13.6. The van der Waals surface area contributed by atoms with Gasteiger partial charge in [0, 0.05) is 17.7 Å². The Kier molecular flexibility index (Phi) is 7.60. The van der Waals surface area contributed by atoms with Crippen LogP contribution >= 0.6 is 0 Å². The highest BCUT2D eigenvalue weighted by atomic mass is 16.8. The minimum Gasteiger partial charge on any atom is -0.508 e. The smallest absolute Gasteiger partial charge is 0.239 e. The molecule has 2 aliphatic heterocycles. The molecule has 0 bridgehead atoms. The van der Waals surface area contributed by atoms with Gasteiger partial charge in [-0.1, -0.05) is 0 Å². The standard InChI is InChI=1S/C26H28O14/c1-9-17(31)20(34)24(40-25-21(35)18(32)14(30)8-36-25)26(37-9)39-23-19(33)16-13(29)6-12(28)7-15(16)38-22(23)10-2-4-11(27)5-3-10/h2-7,9,14,17-18,20-21,24-32,34-35H,8H2,1H3/t9-,14+,17-,18+,20+,21-,24+,25+,26-/m1/s1. The molecule has 5 rings (SSSR count). The molecule has 40 heavy (non-hydrogen) atoms. The van der Waals surface area contributed by atoms with Crippen LogP contribution in [0.2, 0.25) is 0 Å². The van der Waals surface area contributed by atoms with Crippen LogP contribution in [0, 0.1) is 0 Å². The first kappa shape index (κ1) is 28.1. The highest BCUT2D eigenvalue weighted by molar-refractivity contribution is 5.88. The fourth-order valence-corrected chi connectivity index (χ4v) is 4.59. The first-order valence-electron chi connectivity index (χ1n) is 12.3. The summed E-state index contributed by atoms with van der Waals surface area (Å²) in [6, 6.07) is 7.48. The summed E-state index contributed by atoms with van der Waals surface area (Å²) in [5.41, 5.74) is -0.852. The zero-order valence-corrected chi connectivity index (χ0v) is 20.9. The molecule has 0 spiro atoms. The molecule has 9 atom stereocenters. The van der Waals surface area contributed by atoms with E-state index >= 15 is 0 Å². The van der Waals surface area contributed by atoms with Crippen molar-refractivity contribution in [3.8, 4) is 34.3 Å². The Balaban J connectivity index is 1.59. The predicted octanol–water partition coefficient (Wildman–Crippen LogP) is -0.754. The molecule has 0 radical (unpaired) electrons. The molecule has 8 N–H and O–H groups in total. The van der Waals surface area contributed by atoms with E-state index in [0.29, 0.717) is 0 Å². The average Bonchev–Trinajstić information content (AvgIpc) is 2.91. The topological polar surface area (TPSA) is 229 Å². The molecule has 0 amide bonds. The summed E-state index contributed by atoms with van der Waals surface area (Å²) >= 11 is 0. The number of aliphatic hydroxyl groups excluding tert-OH is 5. The van der Waals surface area contributed by atoms with Crippen molar-refractivity contribution >= 4 is 11.0 Å². The number of ether oxygens (including phenoxy) is 4. The summed E-state index contributed by atoms with van der Waals surface area (Å²) in [5.74, 6) is -1.80. The number of aliphatic hydroxyl groups is 5. The lowest BCUT2D eigenvalue weighted by molar-refractivity contribution is -0.341. The van der Waals surface area contributed by atoms with Gasteiger partial charge in [-0.2, -0.15) is 0 Å². The van der Waals surface area contributed by atoms with Gasteiger partial charge in [-0.15, -0.1) is 0 Å². The van der Waals surface area contributed by atoms with Crippen molar-refractivity contribution in [1.29, 1.82) is 0 Å². The largest absolute Gasteiger partial charge is 0.508 e. The lowest BCUT2D eigenvalue weighted by atomic mass is 9.99. The van der Waals surface area contributed by atoms with E-state index in [1.165, 1.54) is 31.2 Å². The van der Waals surface area contributed by atoms with Crippen molar-refractivity contribution in [1.82, 2.24) is 0 Å². The van der Waals surface area contributed by atoms with Gasteiger partial charge in [-0.05, 0) is 31.2 Å². The summed E-state index contributed by atoms with van der Waals surface area (Å²) in [6.07, 6.45) is -13.9. The number of hydrogen-bond acceptors (Lipinski definition) is 14. The van der Waals surface area contributed by atoms with Crippen LogP contribution in [0.3, 0.4) is 0 Å². The third-order valence-electron chi connectivity index (χ3n) is 6.81. The average molecular weight is 564 g/mol. The van der Waals surface area contributed by atoms with E-state index < -0.39 is 78.8 Å². The number of aromatic hydroxyl groups is 3. The van der Waals surface area contributed by atoms with Crippen LogP contribution in [-0.4, -0.2) is 103 Å². The van der Waals surface area contributed by atoms with Crippen molar-refractivity contribution in [2.24, 2.45) is 0 Å². The van der Waals surface area contributed by atoms with E-state index in [1.54, 1.807) is 0 Å². The monoisotopic (exact) mass is 564 g/mol. The van der Waals surface area contributed by atoms with Crippen LogP contribution in [0.25, 0.3) is 22.3 Å². The SMILES string of the molecule is C[C@H]1O[C@H](Oc2c(-c3ccc(O)cc3)oc3cc(O)cc(O)c3c2=O)[C@@H](O[C@@H]2OC[C@H](O)[C@H](O)[C@H]2O)[C@@H](O)[C@@H]1O. The number of benzene rings is 2. The van der Waals surface area contributed by atoms with Gasteiger partial charge < -0.3 is 64.2 Å². The Hall–Kier alpha value is -3.47. The van der Waals surface area contributed by atoms with Gasteiger partial charge in [0.05, 0.1) is 12.7 Å². The van der Waals surface area contributed by atoms with Crippen LogP contribution in [0.5, 0.6) is 23.0 Å². The molecule has 2 fully saturated rings. The maximum absolute atomic E-state index is 13.6. The third-order valence-corrected chi connectivity index (χ3v) is 6.81. The van der Waals surface area contributed by atoms with E-state index in [-0.39, 0.29) is 33.8 Å². The van der Waals surface area contributed by atoms with E-state index in [2.05, 4.69) is 0 Å². The van der Waals surface area contributed by atoms with Crippen molar-refractivity contribution < 1.29 is 64.2 Å². The normalized spacial score (nSPS) is 32.7. The zero-order valence-electron chi connectivity index (χ0n) is 20.9. The van der Waals surface area contributed by atoms with E-state index in [0.717, 1.165) is 12.1 Å². The van der Waals surface area contributed by atoms with Gasteiger partial charge in [0.15, 0.2) is 18.2 Å². The fraction of sp³-hybridized carbons (Fsp3) is 0.423. The lowest BCUT2D eigenvalue weighted by Gasteiger charge is -2.44. The van der Waals surface area contributed by atoms with Crippen molar-refractivity contribution in [3.05, 3.63) is 46.6 Å².